The van der Waals surface area contributed by atoms with E-state index in [0.717, 1.165) is 16.6 Å². The van der Waals surface area contributed by atoms with Crippen molar-refractivity contribution in [1.82, 2.24) is 9.97 Å². The van der Waals surface area contributed by atoms with E-state index in [2.05, 4.69) is 16.0 Å². The van der Waals surface area contributed by atoms with Gasteiger partial charge >= 0.3 is 0 Å². The molecule has 2 aromatic carbocycles. The molecule has 0 saturated heterocycles. The summed E-state index contributed by atoms with van der Waals surface area (Å²) in [6, 6.07) is 15.3. The standard InChI is InChI=1S/C18H15N3O2/c1-22-14-8-7-12(17(10-14)23-2)9-13(11-19)18-20-15-5-3-4-6-16(15)21-18/h3-10H,1-2H3,(H,20,21)/b13-9-. The largest absolute Gasteiger partial charge is 0.497 e. The maximum Gasteiger partial charge on any atom is 0.149 e. The number of nitrogens with zero attached hydrogens (tertiary/aromatic N) is 2. The second-order valence-electron chi connectivity index (χ2n) is 4.88. The van der Waals surface area contributed by atoms with Crippen LogP contribution in [0, 0.1) is 11.3 Å². The van der Waals surface area contributed by atoms with Crippen molar-refractivity contribution in [3.8, 4) is 17.6 Å². The lowest BCUT2D eigenvalue weighted by atomic mass is 10.1. The third-order valence-corrected chi connectivity index (χ3v) is 3.51. The number of nitrogens with one attached hydrogen (secondary N) is 1. The molecule has 1 N–H and O–H groups in total. The van der Waals surface area contributed by atoms with Crippen LogP contribution in [0.2, 0.25) is 0 Å². The predicted octanol–water partition coefficient (Wildman–Crippen LogP) is 3.64. The minimum Gasteiger partial charge on any atom is -0.497 e. The zero-order chi connectivity index (χ0) is 16.2. The van der Waals surface area contributed by atoms with Crippen molar-refractivity contribution in [2.45, 2.75) is 0 Å². The van der Waals surface area contributed by atoms with Crippen molar-refractivity contribution >= 4 is 22.7 Å². The summed E-state index contributed by atoms with van der Waals surface area (Å²) < 4.78 is 10.5. The lowest BCUT2D eigenvalue weighted by Crippen LogP contribution is -1.91. The number of nitriles is 1. The maximum absolute atomic E-state index is 9.49. The highest BCUT2D eigenvalue weighted by Crippen LogP contribution is 2.28. The Balaban J connectivity index is 2.07. The molecule has 0 saturated carbocycles. The first kappa shape index (κ1) is 14.7. The second-order valence-corrected chi connectivity index (χ2v) is 4.88. The predicted molar refractivity (Wildman–Crippen MR) is 89.1 cm³/mol. The number of hydrogen-bond donors (Lipinski definition) is 1. The molecule has 5 nitrogen and oxygen atoms in total. The summed E-state index contributed by atoms with van der Waals surface area (Å²) in [6.45, 7) is 0. The summed E-state index contributed by atoms with van der Waals surface area (Å²) in [5.74, 6) is 1.86. The van der Waals surface area contributed by atoms with Crippen LogP contribution in [0.4, 0.5) is 0 Å². The van der Waals surface area contributed by atoms with E-state index < -0.39 is 0 Å². The van der Waals surface area contributed by atoms with Crippen molar-refractivity contribution in [3.05, 3.63) is 53.9 Å². The molecule has 0 bridgehead atoms. The van der Waals surface area contributed by atoms with Crippen LogP contribution in [0.1, 0.15) is 11.4 Å². The lowest BCUT2D eigenvalue weighted by molar-refractivity contribution is 0.394. The van der Waals surface area contributed by atoms with Crippen LogP contribution in [0.15, 0.2) is 42.5 Å². The number of ether oxygens (including phenoxy) is 2. The third kappa shape index (κ3) is 2.87. The van der Waals surface area contributed by atoms with Crippen LogP contribution in [-0.4, -0.2) is 24.2 Å². The van der Waals surface area contributed by atoms with Crippen molar-refractivity contribution in [2.75, 3.05) is 14.2 Å². The van der Waals surface area contributed by atoms with Gasteiger partial charge < -0.3 is 14.5 Å². The van der Waals surface area contributed by atoms with Crippen LogP contribution in [0.3, 0.4) is 0 Å². The second kappa shape index (κ2) is 6.24. The van der Waals surface area contributed by atoms with Gasteiger partial charge in [0.2, 0.25) is 0 Å². The summed E-state index contributed by atoms with van der Waals surface area (Å²) in [6.07, 6.45) is 1.75. The smallest absolute Gasteiger partial charge is 0.149 e. The Kier molecular flexibility index (Phi) is 3.98. The van der Waals surface area contributed by atoms with E-state index in [1.54, 1.807) is 26.4 Å². The quantitative estimate of drug-likeness (QED) is 0.747. The maximum atomic E-state index is 9.49. The monoisotopic (exact) mass is 305 g/mol. The number of fused-ring (bicyclic) bond motifs is 1. The summed E-state index contributed by atoms with van der Waals surface area (Å²) in [5.41, 5.74) is 2.94. The van der Waals surface area contributed by atoms with Gasteiger partial charge in [-0.25, -0.2) is 4.98 Å². The number of aromatic nitrogens is 2. The zero-order valence-corrected chi connectivity index (χ0v) is 12.8. The van der Waals surface area contributed by atoms with Gasteiger partial charge in [0.05, 0.1) is 30.8 Å². The van der Waals surface area contributed by atoms with Crippen LogP contribution in [-0.2, 0) is 0 Å². The first-order valence-corrected chi connectivity index (χ1v) is 7.04. The van der Waals surface area contributed by atoms with Gasteiger partial charge in [-0.3, -0.25) is 0 Å². The van der Waals surface area contributed by atoms with Gasteiger partial charge in [-0.2, -0.15) is 5.26 Å². The molecule has 1 aromatic heterocycles. The molecule has 0 fully saturated rings. The highest BCUT2D eigenvalue weighted by Gasteiger charge is 2.10. The Hall–Kier alpha value is -3.26. The lowest BCUT2D eigenvalue weighted by Gasteiger charge is -2.07. The van der Waals surface area contributed by atoms with Crippen molar-refractivity contribution in [3.63, 3.8) is 0 Å². The molecule has 5 heteroatoms. The van der Waals surface area contributed by atoms with E-state index >= 15 is 0 Å². The zero-order valence-electron chi connectivity index (χ0n) is 12.8. The molecular formula is C18H15N3O2. The number of H-pyrrole nitrogens is 1. The van der Waals surface area contributed by atoms with Crippen LogP contribution in [0.5, 0.6) is 11.5 Å². The molecule has 0 aliphatic carbocycles. The number of benzene rings is 2. The Labute approximate surface area is 133 Å². The highest BCUT2D eigenvalue weighted by molar-refractivity contribution is 5.91. The number of rotatable bonds is 4. The minimum atomic E-state index is 0.435. The van der Waals surface area contributed by atoms with Gasteiger partial charge in [-0.15, -0.1) is 0 Å². The van der Waals surface area contributed by atoms with E-state index in [1.165, 1.54) is 0 Å². The third-order valence-electron chi connectivity index (χ3n) is 3.51. The number of para-hydroxylation sites is 2. The number of allylic oxidation sites excluding steroid dienone is 1. The van der Waals surface area contributed by atoms with Crippen LogP contribution >= 0.6 is 0 Å². The van der Waals surface area contributed by atoms with Crippen molar-refractivity contribution < 1.29 is 9.47 Å². The average Bonchev–Trinajstić information content (AvgIpc) is 3.03. The molecule has 0 aliphatic rings. The number of methoxy groups -OCH3 is 2. The molecule has 0 unspecified atom stereocenters. The summed E-state index contributed by atoms with van der Waals surface area (Å²) in [7, 11) is 3.18. The number of imidazole rings is 1. The molecule has 3 rings (SSSR count). The molecule has 0 radical (unpaired) electrons. The van der Waals surface area contributed by atoms with Gasteiger partial charge in [-0.1, -0.05) is 12.1 Å². The SMILES string of the molecule is COc1ccc(/C=C(/C#N)c2nc3ccccc3[nH]2)c(OC)c1. The summed E-state index contributed by atoms with van der Waals surface area (Å²) in [5, 5.41) is 9.49. The number of aromatic amines is 1. The molecule has 114 valence electrons. The Morgan fingerprint density at radius 3 is 2.70 bits per heavy atom. The fourth-order valence-electron chi connectivity index (χ4n) is 2.33. The molecule has 23 heavy (non-hydrogen) atoms. The molecule has 3 aromatic rings. The molecule has 0 atom stereocenters. The first-order chi connectivity index (χ1) is 11.2. The minimum absolute atomic E-state index is 0.435. The van der Waals surface area contributed by atoms with Crippen LogP contribution < -0.4 is 9.47 Å². The Morgan fingerprint density at radius 2 is 2.00 bits per heavy atom. The van der Waals surface area contributed by atoms with Crippen molar-refractivity contribution in [2.24, 2.45) is 0 Å². The number of hydrogen-bond acceptors (Lipinski definition) is 4. The molecule has 1 heterocycles. The van der Waals surface area contributed by atoms with E-state index in [1.807, 2.05) is 36.4 Å². The fourth-order valence-corrected chi connectivity index (χ4v) is 2.33. The van der Waals surface area contributed by atoms with E-state index in [-0.39, 0.29) is 0 Å². The topological polar surface area (TPSA) is 70.9 Å². The normalized spacial score (nSPS) is 11.3. The molecule has 0 spiro atoms. The Morgan fingerprint density at radius 1 is 1.17 bits per heavy atom. The van der Waals surface area contributed by atoms with Gasteiger partial charge in [0, 0.05) is 11.6 Å². The van der Waals surface area contributed by atoms with E-state index in [9.17, 15) is 5.26 Å². The molecule has 0 amide bonds. The van der Waals surface area contributed by atoms with E-state index in [4.69, 9.17) is 9.47 Å². The average molecular weight is 305 g/mol. The molecule has 0 aliphatic heterocycles. The first-order valence-electron chi connectivity index (χ1n) is 7.04. The van der Waals surface area contributed by atoms with Crippen molar-refractivity contribution in [1.29, 1.82) is 5.26 Å². The van der Waals surface area contributed by atoms with Gasteiger partial charge in [0.25, 0.3) is 0 Å². The van der Waals surface area contributed by atoms with Gasteiger partial charge in [0.15, 0.2) is 0 Å². The fraction of sp³-hybridized carbons (Fsp3) is 0.111. The highest BCUT2D eigenvalue weighted by atomic mass is 16.5. The molecular weight excluding hydrogens is 290 g/mol. The van der Waals surface area contributed by atoms with Gasteiger partial charge in [-0.05, 0) is 30.3 Å². The Bertz CT molecular complexity index is 886. The summed E-state index contributed by atoms with van der Waals surface area (Å²) >= 11 is 0. The van der Waals surface area contributed by atoms with Crippen LogP contribution in [0.25, 0.3) is 22.7 Å². The summed E-state index contributed by atoms with van der Waals surface area (Å²) in [4.78, 5) is 7.62. The van der Waals surface area contributed by atoms with E-state index in [0.29, 0.717) is 22.9 Å². The van der Waals surface area contributed by atoms with Gasteiger partial charge in [0.1, 0.15) is 23.4 Å².